The Hall–Kier alpha value is -3.02. The predicted octanol–water partition coefficient (Wildman–Crippen LogP) is 3.71. The third-order valence-electron chi connectivity index (χ3n) is 5.10. The number of imidazole rings is 1. The normalized spacial score (nSPS) is 13.2. The van der Waals surface area contributed by atoms with Crippen molar-refractivity contribution >= 4 is 16.9 Å². The van der Waals surface area contributed by atoms with Crippen LogP contribution in [0.2, 0.25) is 0 Å². The molecular formula is C22H25N3O3. The molecule has 0 fully saturated rings. The maximum absolute atomic E-state index is 12.6. The molecule has 0 atom stereocenters. The number of aryl methyl sites for hydroxylation is 2. The summed E-state index contributed by atoms with van der Waals surface area (Å²) < 4.78 is 13.2. The van der Waals surface area contributed by atoms with Crippen LogP contribution in [-0.4, -0.2) is 29.2 Å². The Morgan fingerprint density at radius 1 is 1.18 bits per heavy atom. The number of carbonyl (C=O) groups is 1. The quantitative estimate of drug-likeness (QED) is 0.709. The Morgan fingerprint density at radius 3 is 2.89 bits per heavy atom. The molecule has 0 saturated carbocycles. The molecule has 1 aliphatic heterocycles. The van der Waals surface area contributed by atoms with Gasteiger partial charge < -0.3 is 19.4 Å². The Bertz CT molecular complexity index is 1010. The van der Waals surface area contributed by atoms with Gasteiger partial charge in [0, 0.05) is 25.1 Å². The second-order valence-electron chi connectivity index (χ2n) is 6.94. The van der Waals surface area contributed by atoms with Crippen molar-refractivity contribution in [3.05, 3.63) is 53.3 Å². The summed E-state index contributed by atoms with van der Waals surface area (Å²) in [7, 11) is 1.61. The molecule has 1 N–H and O–H groups in total. The van der Waals surface area contributed by atoms with Gasteiger partial charge in [0.2, 0.25) is 0 Å². The molecule has 0 saturated heterocycles. The van der Waals surface area contributed by atoms with Crippen LogP contribution < -0.4 is 14.8 Å². The number of fused-ring (bicyclic) bond motifs is 3. The van der Waals surface area contributed by atoms with Crippen molar-refractivity contribution in [1.82, 2.24) is 14.9 Å². The first-order valence-corrected chi connectivity index (χ1v) is 9.76. The second kappa shape index (κ2) is 7.92. The highest BCUT2D eigenvalue weighted by Crippen LogP contribution is 2.28. The van der Waals surface area contributed by atoms with E-state index in [2.05, 4.69) is 9.88 Å². The van der Waals surface area contributed by atoms with Gasteiger partial charge in [-0.1, -0.05) is 6.07 Å². The van der Waals surface area contributed by atoms with Crippen molar-refractivity contribution in [2.24, 2.45) is 0 Å². The van der Waals surface area contributed by atoms with Crippen molar-refractivity contribution in [2.45, 2.75) is 39.3 Å². The van der Waals surface area contributed by atoms with Crippen LogP contribution >= 0.6 is 0 Å². The molecule has 0 unspecified atom stereocenters. The van der Waals surface area contributed by atoms with Crippen LogP contribution in [0.3, 0.4) is 0 Å². The molecule has 0 bridgehead atoms. The number of ether oxygens (including phenoxy) is 2. The van der Waals surface area contributed by atoms with Crippen LogP contribution in [-0.2, 0) is 19.5 Å². The van der Waals surface area contributed by atoms with E-state index in [9.17, 15) is 4.79 Å². The fourth-order valence-corrected chi connectivity index (χ4v) is 3.70. The summed E-state index contributed by atoms with van der Waals surface area (Å²) in [5.41, 5.74) is 3.59. The van der Waals surface area contributed by atoms with E-state index in [1.807, 2.05) is 43.3 Å². The Morgan fingerprint density at radius 2 is 2.07 bits per heavy atom. The first-order valence-electron chi connectivity index (χ1n) is 9.76. The SMILES string of the molecule is CCOc1cc(CNC(=O)c2ccc3c(c2)nc2n3CCCC2)ccc1OC. The summed E-state index contributed by atoms with van der Waals surface area (Å²) in [5, 5.41) is 2.98. The van der Waals surface area contributed by atoms with Gasteiger partial charge >= 0.3 is 0 Å². The lowest BCUT2D eigenvalue weighted by atomic mass is 10.1. The fourth-order valence-electron chi connectivity index (χ4n) is 3.70. The summed E-state index contributed by atoms with van der Waals surface area (Å²) in [6.45, 7) is 3.91. The van der Waals surface area contributed by atoms with E-state index < -0.39 is 0 Å². The number of hydrogen-bond donors (Lipinski definition) is 1. The zero-order valence-electron chi connectivity index (χ0n) is 16.3. The van der Waals surface area contributed by atoms with E-state index >= 15 is 0 Å². The van der Waals surface area contributed by atoms with Crippen molar-refractivity contribution < 1.29 is 14.3 Å². The van der Waals surface area contributed by atoms with Gasteiger partial charge in [0.05, 0.1) is 24.8 Å². The molecule has 0 radical (unpaired) electrons. The summed E-state index contributed by atoms with van der Waals surface area (Å²) in [6, 6.07) is 11.4. The highest BCUT2D eigenvalue weighted by Gasteiger charge is 2.16. The van der Waals surface area contributed by atoms with Crippen molar-refractivity contribution in [3.63, 3.8) is 0 Å². The highest BCUT2D eigenvalue weighted by atomic mass is 16.5. The lowest BCUT2D eigenvalue weighted by molar-refractivity contribution is 0.0951. The number of methoxy groups -OCH3 is 1. The molecule has 146 valence electrons. The van der Waals surface area contributed by atoms with E-state index in [1.165, 1.54) is 12.8 Å². The van der Waals surface area contributed by atoms with Crippen LogP contribution in [0.4, 0.5) is 0 Å². The molecule has 1 amide bonds. The van der Waals surface area contributed by atoms with Crippen molar-refractivity contribution in [3.8, 4) is 11.5 Å². The van der Waals surface area contributed by atoms with Crippen LogP contribution in [0.25, 0.3) is 11.0 Å². The molecule has 4 rings (SSSR count). The summed E-state index contributed by atoms with van der Waals surface area (Å²) >= 11 is 0. The fraction of sp³-hybridized carbons (Fsp3) is 0.364. The highest BCUT2D eigenvalue weighted by molar-refractivity contribution is 5.97. The van der Waals surface area contributed by atoms with E-state index in [0.29, 0.717) is 30.2 Å². The van der Waals surface area contributed by atoms with Crippen LogP contribution in [0.1, 0.15) is 41.5 Å². The minimum atomic E-state index is -0.110. The maximum atomic E-state index is 12.6. The largest absolute Gasteiger partial charge is 0.493 e. The molecular weight excluding hydrogens is 354 g/mol. The van der Waals surface area contributed by atoms with Gasteiger partial charge in [-0.3, -0.25) is 4.79 Å². The number of aromatic nitrogens is 2. The third kappa shape index (κ3) is 3.54. The van der Waals surface area contributed by atoms with Gasteiger partial charge in [-0.25, -0.2) is 4.98 Å². The molecule has 28 heavy (non-hydrogen) atoms. The zero-order valence-corrected chi connectivity index (χ0v) is 16.3. The molecule has 0 aliphatic carbocycles. The summed E-state index contributed by atoms with van der Waals surface area (Å²) in [4.78, 5) is 17.4. The molecule has 2 heterocycles. The number of nitrogens with zero attached hydrogens (tertiary/aromatic N) is 2. The van der Waals surface area contributed by atoms with Crippen LogP contribution in [0, 0.1) is 0 Å². The smallest absolute Gasteiger partial charge is 0.251 e. The number of nitrogens with one attached hydrogen (secondary N) is 1. The molecule has 1 aromatic heterocycles. The molecule has 6 heteroatoms. The van der Waals surface area contributed by atoms with Crippen LogP contribution in [0.15, 0.2) is 36.4 Å². The number of carbonyl (C=O) groups excluding carboxylic acids is 1. The number of amides is 1. The minimum absolute atomic E-state index is 0.110. The predicted molar refractivity (Wildman–Crippen MR) is 108 cm³/mol. The monoisotopic (exact) mass is 379 g/mol. The molecule has 1 aliphatic rings. The average Bonchev–Trinajstić information content (AvgIpc) is 3.10. The van der Waals surface area contributed by atoms with Gasteiger partial charge in [0.1, 0.15) is 5.82 Å². The third-order valence-corrected chi connectivity index (χ3v) is 5.10. The topological polar surface area (TPSA) is 65.4 Å². The summed E-state index contributed by atoms with van der Waals surface area (Å²) in [6.07, 6.45) is 3.38. The van der Waals surface area contributed by atoms with E-state index in [4.69, 9.17) is 14.5 Å². The standard InChI is InChI=1S/C22H25N3O3/c1-3-28-20-12-15(7-10-19(20)27-2)14-23-22(26)16-8-9-18-17(13-16)24-21-6-4-5-11-25(18)21/h7-10,12-13H,3-6,11,14H2,1-2H3,(H,23,26). The lowest BCUT2D eigenvalue weighted by Gasteiger charge is -2.13. The second-order valence-corrected chi connectivity index (χ2v) is 6.94. The zero-order chi connectivity index (χ0) is 19.5. The van der Waals surface area contributed by atoms with Gasteiger partial charge in [-0.15, -0.1) is 0 Å². The van der Waals surface area contributed by atoms with Crippen LogP contribution in [0.5, 0.6) is 11.5 Å². The maximum Gasteiger partial charge on any atom is 0.251 e. The lowest BCUT2D eigenvalue weighted by Crippen LogP contribution is -2.22. The number of rotatable bonds is 6. The number of hydrogen-bond acceptors (Lipinski definition) is 4. The molecule has 6 nitrogen and oxygen atoms in total. The van der Waals surface area contributed by atoms with Crippen molar-refractivity contribution in [1.29, 1.82) is 0 Å². The first kappa shape index (κ1) is 18.3. The Kier molecular flexibility index (Phi) is 5.19. The minimum Gasteiger partial charge on any atom is -0.493 e. The summed E-state index contributed by atoms with van der Waals surface area (Å²) in [5.74, 6) is 2.38. The molecule has 3 aromatic rings. The molecule has 0 spiro atoms. The van der Waals surface area contributed by atoms with Gasteiger partial charge in [-0.2, -0.15) is 0 Å². The van der Waals surface area contributed by atoms with E-state index in [-0.39, 0.29) is 5.91 Å². The van der Waals surface area contributed by atoms with Gasteiger partial charge in [0.15, 0.2) is 11.5 Å². The average molecular weight is 379 g/mol. The van der Waals surface area contributed by atoms with Gasteiger partial charge in [0.25, 0.3) is 5.91 Å². The number of benzene rings is 2. The van der Waals surface area contributed by atoms with Gasteiger partial charge in [-0.05, 0) is 55.7 Å². The van der Waals surface area contributed by atoms with Crippen molar-refractivity contribution in [2.75, 3.05) is 13.7 Å². The van der Waals surface area contributed by atoms with E-state index in [1.54, 1.807) is 7.11 Å². The first-order chi connectivity index (χ1) is 13.7. The Balaban J connectivity index is 1.48. The van der Waals surface area contributed by atoms with E-state index in [0.717, 1.165) is 35.4 Å². The Labute approximate surface area is 164 Å². The molecule has 2 aromatic carbocycles.